The quantitative estimate of drug-likeness (QED) is 0.421. The highest BCUT2D eigenvalue weighted by Crippen LogP contribution is 2.27. The number of hydrogen-bond donors (Lipinski definition) is 0. The molecule has 0 saturated carbocycles. The maximum atomic E-state index is 12.8. The summed E-state index contributed by atoms with van der Waals surface area (Å²) in [7, 11) is 1.59. The zero-order valence-corrected chi connectivity index (χ0v) is 17.3. The van der Waals surface area contributed by atoms with E-state index in [1.165, 1.54) is 15.9 Å². The Balaban J connectivity index is 1.53. The Labute approximate surface area is 179 Å². The largest absolute Gasteiger partial charge is 0.496 e. The summed E-state index contributed by atoms with van der Waals surface area (Å²) in [4.78, 5) is 17.8. The summed E-state index contributed by atoms with van der Waals surface area (Å²) in [5.74, 6) is 2.34. The molecular formula is C22H14ClN3O3S. The molecule has 0 aliphatic carbocycles. The number of benzene rings is 2. The van der Waals surface area contributed by atoms with Crippen LogP contribution in [0.15, 0.2) is 69.9 Å². The molecular weight excluding hydrogens is 422 g/mol. The number of thiazole rings is 1. The molecule has 5 aromatic rings. The monoisotopic (exact) mass is 435 g/mol. The maximum absolute atomic E-state index is 12.8. The number of para-hydroxylation sites is 1. The van der Waals surface area contributed by atoms with Gasteiger partial charge >= 0.3 is 0 Å². The third-order valence-corrected chi connectivity index (χ3v) is 5.73. The number of nitrogens with zero attached hydrogens (tertiary/aromatic N) is 3. The fraction of sp³-hybridized carbons (Fsp3) is 0.0455. The molecule has 0 aliphatic heterocycles. The van der Waals surface area contributed by atoms with Gasteiger partial charge in [-0.2, -0.15) is 9.50 Å². The Morgan fingerprint density at radius 3 is 2.80 bits per heavy atom. The molecule has 3 aromatic heterocycles. The van der Waals surface area contributed by atoms with Gasteiger partial charge in [0.05, 0.1) is 12.7 Å². The Kier molecular flexibility index (Phi) is 4.61. The summed E-state index contributed by atoms with van der Waals surface area (Å²) in [6.07, 6.45) is 1.69. The molecule has 2 aromatic carbocycles. The predicted molar refractivity (Wildman–Crippen MR) is 117 cm³/mol. The van der Waals surface area contributed by atoms with E-state index in [-0.39, 0.29) is 5.56 Å². The second-order valence-electron chi connectivity index (χ2n) is 6.46. The number of furan rings is 1. The minimum atomic E-state index is -0.246. The van der Waals surface area contributed by atoms with E-state index in [1.54, 1.807) is 19.3 Å². The Hall–Kier alpha value is -3.42. The van der Waals surface area contributed by atoms with Gasteiger partial charge in [0, 0.05) is 16.7 Å². The molecule has 0 atom stereocenters. The molecule has 0 spiro atoms. The van der Waals surface area contributed by atoms with Gasteiger partial charge in [0.1, 0.15) is 21.8 Å². The van der Waals surface area contributed by atoms with Gasteiger partial charge in [0.2, 0.25) is 4.96 Å². The molecule has 0 N–H and O–H groups in total. The van der Waals surface area contributed by atoms with E-state index >= 15 is 0 Å². The van der Waals surface area contributed by atoms with Gasteiger partial charge in [-0.05, 0) is 36.4 Å². The van der Waals surface area contributed by atoms with Crippen molar-refractivity contribution in [2.75, 3.05) is 7.11 Å². The molecule has 0 unspecified atom stereocenters. The average molecular weight is 436 g/mol. The lowest BCUT2D eigenvalue weighted by Gasteiger charge is -2.03. The van der Waals surface area contributed by atoms with E-state index in [2.05, 4.69) is 10.1 Å². The Bertz CT molecular complexity index is 1490. The lowest BCUT2D eigenvalue weighted by Crippen LogP contribution is -2.23. The van der Waals surface area contributed by atoms with Crippen LogP contribution in [0.3, 0.4) is 0 Å². The van der Waals surface area contributed by atoms with Crippen LogP contribution in [0.1, 0.15) is 5.76 Å². The van der Waals surface area contributed by atoms with E-state index in [0.29, 0.717) is 37.6 Å². The van der Waals surface area contributed by atoms with E-state index in [0.717, 1.165) is 11.1 Å². The Morgan fingerprint density at radius 1 is 1.13 bits per heavy atom. The minimum Gasteiger partial charge on any atom is -0.496 e. The predicted octanol–water partition coefficient (Wildman–Crippen LogP) is 4.29. The molecule has 0 bridgehead atoms. The summed E-state index contributed by atoms with van der Waals surface area (Å²) in [5, 5.41) is 5.01. The third-order valence-electron chi connectivity index (χ3n) is 4.54. The molecule has 5 rings (SSSR count). The van der Waals surface area contributed by atoms with Crippen LogP contribution in [0.4, 0.5) is 0 Å². The summed E-state index contributed by atoms with van der Waals surface area (Å²) < 4.78 is 13.0. The van der Waals surface area contributed by atoms with Crippen molar-refractivity contribution in [2.24, 2.45) is 0 Å². The topological polar surface area (TPSA) is 69.6 Å². The van der Waals surface area contributed by atoms with Crippen molar-refractivity contribution in [1.82, 2.24) is 14.6 Å². The van der Waals surface area contributed by atoms with Crippen LogP contribution in [0, 0.1) is 0 Å². The highest BCUT2D eigenvalue weighted by Gasteiger charge is 2.15. The van der Waals surface area contributed by atoms with Crippen molar-refractivity contribution in [3.05, 3.63) is 86.3 Å². The number of hydrogen-bond acceptors (Lipinski definition) is 6. The summed E-state index contributed by atoms with van der Waals surface area (Å²) >= 11 is 7.30. The van der Waals surface area contributed by atoms with E-state index in [4.69, 9.17) is 20.8 Å². The number of rotatable bonds is 4. The summed E-state index contributed by atoms with van der Waals surface area (Å²) in [6.45, 7) is 0. The van der Waals surface area contributed by atoms with E-state index in [1.807, 2.05) is 54.6 Å². The lowest BCUT2D eigenvalue weighted by molar-refractivity contribution is 0.416. The molecule has 0 saturated heterocycles. The van der Waals surface area contributed by atoms with Gasteiger partial charge < -0.3 is 9.15 Å². The van der Waals surface area contributed by atoms with Crippen molar-refractivity contribution in [2.45, 2.75) is 0 Å². The van der Waals surface area contributed by atoms with Crippen molar-refractivity contribution in [3.63, 3.8) is 0 Å². The van der Waals surface area contributed by atoms with E-state index < -0.39 is 0 Å². The molecule has 6 nitrogen and oxygen atoms in total. The second-order valence-corrected chi connectivity index (χ2v) is 7.90. The fourth-order valence-corrected chi connectivity index (χ4v) is 4.21. The molecule has 3 heterocycles. The van der Waals surface area contributed by atoms with Crippen LogP contribution in [0.25, 0.3) is 33.7 Å². The molecule has 148 valence electrons. The highest BCUT2D eigenvalue weighted by molar-refractivity contribution is 7.15. The second kappa shape index (κ2) is 7.44. The summed E-state index contributed by atoms with van der Waals surface area (Å²) in [6, 6.07) is 18.5. The standard InChI is InChI=1S/C22H14ClN3O3S/c1-28-18-8-3-2-7-16(18)20-24-22-26(25-20)21(27)19(30-22)12-15-9-10-17(29-15)13-5-4-6-14(23)11-13/h2-12H,1H3/b19-12-. The van der Waals surface area contributed by atoms with Gasteiger partial charge in [-0.25, -0.2) is 0 Å². The third kappa shape index (κ3) is 3.28. The van der Waals surface area contributed by atoms with Gasteiger partial charge in [0.15, 0.2) is 5.82 Å². The van der Waals surface area contributed by atoms with Crippen molar-refractivity contribution in [1.29, 1.82) is 0 Å². The normalized spacial score (nSPS) is 12.0. The fourth-order valence-electron chi connectivity index (χ4n) is 3.13. The van der Waals surface area contributed by atoms with Crippen molar-refractivity contribution < 1.29 is 9.15 Å². The van der Waals surface area contributed by atoms with Crippen molar-refractivity contribution in [3.8, 4) is 28.5 Å². The van der Waals surface area contributed by atoms with Crippen molar-refractivity contribution >= 4 is 34.0 Å². The smallest absolute Gasteiger partial charge is 0.291 e. The molecule has 0 aliphatic rings. The van der Waals surface area contributed by atoms with Crippen LogP contribution in [-0.4, -0.2) is 21.7 Å². The molecule has 30 heavy (non-hydrogen) atoms. The van der Waals surface area contributed by atoms with Crippen LogP contribution in [-0.2, 0) is 0 Å². The minimum absolute atomic E-state index is 0.246. The SMILES string of the molecule is COc1ccccc1-c1nc2s/c(=C\c3ccc(-c4cccc(Cl)c4)o3)c(=O)n2n1. The molecule has 0 radical (unpaired) electrons. The first-order valence-electron chi connectivity index (χ1n) is 9.03. The molecule has 0 fully saturated rings. The average Bonchev–Trinajstić information content (AvgIpc) is 3.46. The van der Waals surface area contributed by atoms with Gasteiger partial charge in [-0.3, -0.25) is 4.79 Å². The number of aromatic nitrogens is 3. The van der Waals surface area contributed by atoms with Gasteiger partial charge in [0.25, 0.3) is 5.56 Å². The number of methoxy groups -OCH3 is 1. The lowest BCUT2D eigenvalue weighted by atomic mass is 10.2. The van der Waals surface area contributed by atoms with Gasteiger partial charge in [-0.15, -0.1) is 5.10 Å². The summed E-state index contributed by atoms with van der Waals surface area (Å²) in [5.41, 5.74) is 1.36. The first-order valence-corrected chi connectivity index (χ1v) is 10.2. The van der Waals surface area contributed by atoms with Crippen LogP contribution in [0.5, 0.6) is 5.75 Å². The Morgan fingerprint density at radius 2 is 2.00 bits per heavy atom. The zero-order chi connectivity index (χ0) is 20.7. The molecule has 8 heteroatoms. The number of ether oxygens (including phenoxy) is 1. The van der Waals surface area contributed by atoms with Gasteiger partial charge in [-0.1, -0.05) is 47.2 Å². The van der Waals surface area contributed by atoms with Crippen LogP contribution >= 0.6 is 22.9 Å². The van der Waals surface area contributed by atoms with Crippen LogP contribution < -0.4 is 14.8 Å². The zero-order valence-electron chi connectivity index (χ0n) is 15.7. The maximum Gasteiger partial charge on any atom is 0.291 e. The van der Waals surface area contributed by atoms with Crippen LogP contribution in [0.2, 0.25) is 5.02 Å². The highest BCUT2D eigenvalue weighted by atomic mass is 35.5. The first kappa shape index (κ1) is 18.6. The molecule has 0 amide bonds. The van der Waals surface area contributed by atoms with E-state index in [9.17, 15) is 4.79 Å². The number of halogens is 1. The number of fused-ring (bicyclic) bond motifs is 1. The first-order chi connectivity index (χ1) is 14.6.